The zero-order chi connectivity index (χ0) is 18.8. The van der Waals surface area contributed by atoms with E-state index in [-0.39, 0.29) is 12.5 Å². The number of benzene rings is 2. The third-order valence-corrected chi connectivity index (χ3v) is 6.31. The van der Waals surface area contributed by atoms with Crippen LogP contribution in [0.3, 0.4) is 0 Å². The molecule has 0 unspecified atom stereocenters. The van der Waals surface area contributed by atoms with Crippen molar-refractivity contribution >= 4 is 27.5 Å². The van der Waals surface area contributed by atoms with Crippen LogP contribution in [0.5, 0.6) is 5.75 Å². The maximum atomic E-state index is 12.7. The number of carbonyl (C=O) groups excluding carboxylic acids is 1. The van der Waals surface area contributed by atoms with Gasteiger partial charge in [-0.25, -0.2) is 4.98 Å². The Bertz CT molecular complexity index is 933. The second kappa shape index (κ2) is 7.69. The van der Waals surface area contributed by atoms with Gasteiger partial charge in [-0.15, -0.1) is 11.3 Å². The fraction of sp³-hybridized carbons (Fsp3) is 0.364. The van der Waals surface area contributed by atoms with Gasteiger partial charge in [-0.05, 0) is 50.5 Å². The molecule has 140 valence electrons. The highest BCUT2D eigenvalue weighted by atomic mass is 32.1. The molecule has 1 aromatic heterocycles. The molecule has 1 saturated heterocycles. The lowest BCUT2D eigenvalue weighted by molar-refractivity contribution is -0.134. The summed E-state index contributed by atoms with van der Waals surface area (Å²) in [5, 5.41) is 1.14. The number of ether oxygens (including phenoxy) is 1. The first-order valence-corrected chi connectivity index (χ1v) is 10.2. The Labute approximate surface area is 163 Å². The van der Waals surface area contributed by atoms with Crippen LogP contribution in [-0.4, -0.2) is 35.5 Å². The normalized spacial score (nSPS) is 17.3. The van der Waals surface area contributed by atoms with Crippen molar-refractivity contribution < 1.29 is 9.53 Å². The fourth-order valence-corrected chi connectivity index (χ4v) is 4.76. The van der Waals surface area contributed by atoms with Crippen molar-refractivity contribution in [2.45, 2.75) is 32.6 Å². The minimum absolute atomic E-state index is 0.0563. The van der Waals surface area contributed by atoms with Crippen molar-refractivity contribution in [1.82, 2.24) is 9.88 Å². The van der Waals surface area contributed by atoms with Gasteiger partial charge in [-0.2, -0.15) is 0 Å². The Morgan fingerprint density at radius 3 is 2.93 bits per heavy atom. The van der Waals surface area contributed by atoms with Crippen molar-refractivity contribution in [2.24, 2.45) is 0 Å². The number of carbonyl (C=O) groups is 1. The van der Waals surface area contributed by atoms with Gasteiger partial charge in [0.1, 0.15) is 5.75 Å². The van der Waals surface area contributed by atoms with Crippen LogP contribution in [0.15, 0.2) is 42.5 Å². The number of thiazole rings is 1. The van der Waals surface area contributed by atoms with Crippen LogP contribution >= 0.6 is 11.3 Å². The number of aryl methyl sites for hydroxylation is 2. The highest BCUT2D eigenvalue weighted by Gasteiger charge is 2.27. The maximum Gasteiger partial charge on any atom is 0.260 e. The summed E-state index contributed by atoms with van der Waals surface area (Å²) in [4.78, 5) is 19.4. The lowest BCUT2D eigenvalue weighted by atomic mass is 9.99. The van der Waals surface area contributed by atoms with Gasteiger partial charge < -0.3 is 9.64 Å². The van der Waals surface area contributed by atoms with Crippen molar-refractivity contribution in [3.05, 3.63) is 58.6 Å². The molecule has 4 nitrogen and oxygen atoms in total. The van der Waals surface area contributed by atoms with E-state index in [4.69, 9.17) is 9.72 Å². The first-order valence-electron chi connectivity index (χ1n) is 9.43. The Morgan fingerprint density at radius 2 is 2.11 bits per heavy atom. The van der Waals surface area contributed by atoms with Crippen LogP contribution in [0.1, 0.15) is 34.9 Å². The Balaban J connectivity index is 1.40. The number of likely N-dealkylation sites (tertiary alicyclic amines) is 1. The summed E-state index contributed by atoms with van der Waals surface area (Å²) in [6, 6.07) is 14.3. The Hall–Kier alpha value is -2.40. The summed E-state index contributed by atoms with van der Waals surface area (Å²) >= 11 is 1.75. The standard InChI is InChI=1S/C22H24N2O2S/c1-15-9-10-19(16(2)12-15)26-14-21(25)24-11-5-6-17(13-24)22-23-18-7-3-4-8-20(18)27-22/h3-4,7-10,12,17H,5-6,11,13-14H2,1-2H3/t17-/m1/s1. The van der Waals surface area contributed by atoms with E-state index in [1.54, 1.807) is 11.3 Å². The van der Waals surface area contributed by atoms with E-state index in [2.05, 4.69) is 25.1 Å². The molecule has 1 aliphatic heterocycles. The molecule has 5 heteroatoms. The molecular weight excluding hydrogens is 356 g/mol. The van der Waals surface area contributed by atoms with E-state index in [1.165, 1.54) is 10.3 Å². The van der Waals surface area contributed by atoms with Crippen molar-refractivity contribution in [2.75, 3.05) is 19.7 Å². The number of para-hydroxylation sites is 1. The molecule has 0 aliphatic carbocycles. The first-order chi connectivity index (χ1) is 13.1. The van der Waals surface area contributed by atoms with E-state index >= 15 is 0 Å². The number of nitrogens with zero attached hydrogens (tertiary/aromatic N) is 2. The van der Waals surface area contributed by atoms with Gasteiger partial charge in [0, 0.05) is 19.0 Å². The third-order valence-electron chi connectivity index (χ3n) is 5.12. The molecule has 2 aromatic carbocycles. The van der Waals surface area contributed by atoms with Gasteiger partial charge in [0.05, 0.1) is 15.2 Å². The number of amides is 1. The summed E-state index contributed by atoms with van der Waals surface area (Å²) in [7, 11) is 0. The second-order valence-corrected chi connectivity index (χ2v) is 8.32. The molecule has 0 bridgehead atoms. The molecule has 1 atom stereocenters. The quantitative estimate of drug-likeness (QED) is 0.659. The second-order valence-electron chi connectivity index (χ2n) is 7.26. The average Bonchev–Trinajstić information content (AvgIpc) is 3.11. The van der Waals surface area contributed by atoms with Crippen LogP contribution < -0.4 is 4.74 Å². The van der Waals surface area contributed by atoms with E-state index in [0.717, 1.165) is 47.8 Å². The number of fused-ring (bicyclic) bond motifs is 1. The van der Waals surface area contributed by atoms with Gasteiger partial charge in [0.15, 0.2) is 6.61 Å². The molecule has 2 heterocycles. The fourth-order valence-electron chi connectivity index (χ4n) is 3.66. The molecule has 4 rings (SSSR count). The number of hydrogen-bond donors (Lipinski definition) is 0. The minimum Gasteiger partial charge on any atom is -0.484 e. The summed E-state index contributed by atoms with van der Waals surface area (Å²) in [5.74, 6) is 1.16. The monoisotopic (exact) mass is 380 g/mol. The molecular formula is C22H24N2O2S. The molecule has 27 heavy (non-hydrogen) atoms. The smallest absolute Gasteiger partial charge is 0.260 e. The van der Waals surface area contributed by atoms with Crippen LogP contribution in [0.2, 0.25) is 0 Å². The van der Waals surface area contributed by atoms with E-state index in [1.807, 2.05) is 36.1 Å². The number of hydrogen-bond acceptors (Lipinski definition) is 4. The predicted octanol–water partition coefficient (Wildman–Crippen LogP) is 4.70. The molecule has 1 amide bonds. The van der Waals surface area contributed by atoms with Crippen LogP contribution in [0, 0.1) is 13.8 Å². The average molecular weight is 381 g/mol. The third kappa shape index (κ3) is 3.98. The van der Waals surface area contributed by atoms with Gasteiger partial charge in [-0.1, -0.05) is 29.8 Å². The zero-order valence-electron chi connectivity index (χ0n) is 15.8. The van der Waals surface area contributed by atoms with E-state index in [0.29, 0.717) is 5.92 Å². The van der Waals surface area contributed by atoms with Crippen molar-refractivity contribution in [1.29, 1.82) is 0 Å². The van der Waals surface area contributed by atoms with Crippen LogP contribution in [0.25, 0.3) is 10.2 Å². The van der Waals surface area contributed by atoms with Crippen LogP contribution in [-0.2, 0) is 4.79 Å². The molecule has 1 fully saturated rings. The largest absolute Gasteiger partial charge is 0.484 e. The Kier molecular flexibility index (Phi) is 5.12. The first kappa shape index (κ1) is 18.0. The molecule has 3 aromatic rings. The summed E-state index contributed by atoms with van der Waals surface area (Å²) in [6.07, 6.45) is 2.09. The van der Waals surface area contributed by atoms with Crippen LogP contribution in [0.4, 0.5) is 0 Å². The summed E-state index contributed by atoms with van der Waals surface area (Å²) in [6.45, 7) is 5.69. The molecule has 1 aliphatic rings. The molecule has 0 saturated carbocycles. The van der Waals surface area contributed by atoms with Crippen molar-refractivity contribution in [3.8, 4) is 5.75 Å². The van der Waals surface area contributed by atoms with E-state index in [9.17, 15) is 4.79 Å². The lowest BCUT2D eigenvalue weighted by Crippen LogP contribution is -2.41. The minimum atomic E-state index is 0.0563. The van der Waals surface area contributed by atoms with E-state index < -0.39 is 0 Å². The lowest BCUT2D eigenvalue weighted by Gasteiger charge is -2.31. The number of piperidine rings is 1. The van der Waals surface area contributed by atoms with Gasteiger partial charge in [-0.3, -0.25) is 4.79 Å². The maximum absolute atomic E-state index is 12.7. The highest BCUT2D eigenvalue weighted by molar-refractivity contribution is 7.18. The SMILES string of the molecule is Cc1ccc(OCC(=O)N2CCC[C@@H](c3nc4ccccc4s3)C2)c(C)c1. The number of aromatic nitrogens is 1. The van der Waals surface area contributed by atoms with Gasteiger partial charge in [0.2, 0.25) is 0 Å². The number of rotatable bonds is 4. The highest BCUT2D eigenvalue weighted by Crippen LogP contribution is 2.33. The zero-order valence-corrected chi connectivity index (χ0v) is 16.6. The summed E-state index contributed by atoms with van der Waals surface area (Å²) < 4.78 is 7.01. The van der Waals surface area contributed by atoms with Crippen molar-refractivity contribution in [3.63, 3.8) is 0 Å². The van der Waals surface area contributed by atoms with Gasteiger partial charge in [0.25, 0.3) is 5.91 Å². The molecule has 0 N–H and O–H groups in total. The Morgan fingerprint density at radius 1 is 1.26 bits per heavy atom. The predicted molar refractivity (Wildman–Crippen MR) is 110 cm³/mol. The van der Waals surface area contributed by atoms with Gasteiger partial charge >= 0.3 is 0 Å². The molecule has 0 radical (unpaired) electrons. The summed E-state index contributed by atoms with van der Waals surface area (Å²) in [5.41, 5.74) is 3.31. The molecule has 0 spiro atoms. The topological polar surface area (TPSA) is 42.4 Å².